The summed E-state index contributed by atoms with van der Waals surface area (Å²) in [6, 6.07) is 16.7. The lowest BCUT2D eigenvalue weighted by Crippen LogP contribution is -2.47. The Morgan fingerprint density at radius 2 is 1.85 bits per heavy atom. The number of nitrogens with zero attached hydrogens (tertiary/aromatic N) is 1. The fourth-order valence-corrected chi connectivity index (χ4v) is 4.71. The highest BCUT2D eigenvalue weighted by Gasteiger charge is 2.34. The van der Waals surface area contributed by atoms with Crippen LogP contribution in [0.3, 0.4) is 0 Å². The standard InChI is InChI=1S/C24H29NO/c1-17-13-24(26-3)18(2)12-23(17)20-14-21-10-7-11-22(15-20)25(21)16-19-8-5-4-6-9-19/h4-6,8-9,12-14,21-22H,7,10-11,15-16H2,1-3H3. The summed E-state index contributed by atoms with van der Waals surface area (Å²) < 4.78 is 5.50. The van der Waals surface area contributed by atoms with Crippen LogP contribution in [0.1, 0.15) is 47.9 Å². The van der Waals surface area contributed by atoms with Gasteiger partial charge in [0.2, 0.25) is 0 Å². The molecule has 2 aromatic carbocycles. The summed E-state index contributed by atoms with van der Waals surface area (Å²) in [6.07, 6.45) is 7.66. The number of hydrogen-bond donors (Lipinski definition) is 0. The van der Waals surface area contributed by atoms with Crippen LogP contribution in [0.5, 0.6) is 5.75 Å². The van der Waals surface area contributed by atoms with Gasteiger partial charge >= 0.3 is 0 Å². The van der Waals surface area contributed by atoms with E-state index in [0.717, 1.165) is 18.7 Å². The molecule has 2 heteroatoms. The minimum absolute atomic E-state index is 0.569. The highest BCUT2D eigenvalue weighted by molar-refractivity contribution is 5.71. The molecule has 0 spiro atoms. The minimum atomic E-state index is 0.569. The molecule has 2 atom stereocenters. The van der Waals surface area contributed by atoms with E-state index >= 15 is 0 Å². The molecule has 2 bridgehead atoms. The summed E-state index contributed by atoms with van der Waals surface area (Å²) >= 11 is 0. The van der Waals surface area contributed by atoms with Gasteiger partial charge in [0.15, 0.2) is 0 Å². The maximum atomic E-state index is 5.50. The SMILES string of the molecule is COc1cc(C)c(C2=CC3CCCC(C2)N3Cc2ccccc2)cc1C. The number of aryl methyl sites for hydroxylation is 2. The van der Waals surface area contributed by atoms with E-state index in [4.69, 9.17) is 4.74 Å². The van der Waals surface area contributed by atoms with Gasteiger partial charge < -0.3 is 4.74 Å². The van der Waals surface area contributed by atoms with Crippen molar-refractivity contribution >= 4 is 5.57 Å². The lowest BCUT2D eigenvalue weighted by Gasteiger charge is -2.45. The zero-order chi connectivity index (χ0) is 18.1. The predicted molar refractivity (Wildman–Crippen MR) is 108 cm³/mol. The monoisotopic (exact) mass is 347 g/mol. The molecular formula is C24H29NO. The Hall–Kier alpha value is -2.06. The van der Waals surface area contributed by atoms with Crippen LogP contribution in [0.2, 0.25) is 0 Å². The van der Waals surface area contributed by atoms with Gasteiger partial charge in [-0.2, -0.15) is 0 Å². The van der Waals surface area contributed by atoms with E-state index in [2.05, 4.69) is 67.3 Å². The zero-order valence-corrected chi connectivity index (χ0v) is 16.2. The van der Waals surface area contributed by atoms with Crippen LogP contribution >= 0.6 is 0 Å². The average Bonchev–Trinajstić information content (AvgIpc) is 2.64. The molecule has 4 rings (SSSR count). The Balaban J connectivity index is 1.63. The third-order valence-electron chi connectivity index (χ3n) is 6.08. The fourth-order valence-electron chi connectivity index (χ4n) is 4.71. The molecule has 0 radical (unpaired) electrons. The molecule has 0 amide bonds. The van der Waals surface area contributed by atoms with Crippen molar-refractivity contribution in [2.45, 2.75) is 58.2 Å². The first-order valence-corrected chi connectivity index (χ1v) is 9.81. The maximum Gasteiger partial charge on any atom is 0.122 e. The van der Waals surface area contributed by atoms with Crippen molar-refractivity contribution in [1.29, 1.82) is 0 Å². The molecule has 2 aliphatic rings. The van der Waals surface area contributed by atoms with Crippen molar-refractivity contribution < 1.29 is 4.74 Å². The van der Waals surface area contributed by atoms with Crippen molar-refractivity contribution in [1.82, 2.24) is 4.90 Å². The second-order valence-corrected chi connectivity index (χ2v) is 7.84. The molecule has 2 nitrogen and oxygen atoms in total. The minimum Gasteiger partial charge on any atom is -0.496 e. The van der Waals surface area contributed by atoms with E-state index < -0.39 is 0 Å². The lowest BCUT2D eigenvalue weighted by molar-refractivity contribution is 0.0951. The molecule has 0 aliphatic carbocycles. The van der Waals surface area contributed by atoms with E-state index in [1.165, 1.54) is 47.1 Å². The molecule has 1 saturated heterocycles. The van der Waals surface area contributed by atoms with Crippen LogP contribution in [0.15, 0.2) is 48.5 Å². The number of ether oxygens (including phenoxy) is 1. The molecule has 0 aromatic heterocycles. The Labute approximate surface area is 157 Å². The fraction of sp³-hybridized carbons (Fsp3) is 0.417. The first-order valence-electron chi connectivity index (χ1n) is 9.81. The molecule has 2 aromatic rings. The number of fused-ring (bicyclic) bond motifs is 2. The molecule has 2 heterocycles. The van der Waals surface area contributed by atoms with Crippen molar-refractivity contribution in [2.75, 3.05) is 7.11 Å². The average molecular weight is 348 g/mol. The van der Waals surface area contributed by atoms with Crippen LogP contribution in [0.25, 0.3) is 5.57 Å². The second-order valence-electron chi connectivity index (χ2n) is 7.84. The van der Waals surface area contributed by atoms with E-state index in [1.54, 1.807) is 7.11 Å². The summed E-state index contributed by atoms with van der Waals surface area (Å²) in [7, 11) is 1.76. The first-order chi connectivity index (χ1) is 12.7. The van der Waals surface area contributed by atoms with Gasteiger partial charge in [-0.15, -0.1) is 0 Å². The van der Waals surface area contributed by atoms with Gasteiger partial charge in [0.05, 0.1) is 7.11 Å². The molecule has 26 heavy (non-hydrogen) atoms. The van der Waals surface area contributed by atoms with Gasteiger partial charge in [-0.1, -0.05) is 42.8 Å². The van der Waals surface area contributed by atoms with Gasteiger partial charge in [-0.3, -0.25) is 4.90 Å². The summed E-state index contributed by atoms with van der Waals surface area (Å²) in [5.41, 5.74) is 6.93. The van der Waals surface area contributed by atoms with Crippen LogP contribution in [0.4, 0.5) is 0 Å². The number of methoxy groups -OCH3 is 1. The lowest BCUT2D eigenvalue weighted by atomic mass is 9.81. The summed E-state index contributed by atoms with van der Waals surface area (Å²) in [6.45, 7) is 5.43. The molecule has 2 aliphatic heterocycles. The number of hydrogen-bond acceptors (Lipinski definition) is 2. The van der Waals surface area contributed by atoms with E-state index in [1.807, 2.05) is 0 Å². The van der Waals surface area contributed by atoms with Gasteiger partial charge in [0, 0.05) is 18.6 Å². The number of benzene rings is 2. The quantitative estimate of drug-likeness (QED) is 0.722. The van der Waals surface area contributed by atoms with Crippen LogP contribution < -0.4 is 4.74 Å². The first kappa shape index (κ1) is 17.4. The summed E-state index contributed by atoms with van der Waals surface area (Å²) in [4.78, 5) is 2.73. The molecular weight excluding hydrogens is 318 g/mol. The summed E-state index contributed by atoms with van der Waals surface area (Å²) in [5.74, 6) is 0.994. The van der Waals surface area contributed by atoms with Crippen molar-refractivity contribution in [2.24, 2.45) is 0 Å². The van der Waals surface area contributed by atoms with E-state index in [9.17, 15) is 0 Å². The smallest absolute Gasteiger partial charge is 0.122 e. The molecule has 0 saturated carbocycles. The van der Waals surface area contributed by atoms with Gasteiger partial charge in [-0.05, 0) is 73.1 Å². The molecule has 0 N–H and O–H groups in total. The van der Waals surface area contributed by atoms with Crippen LogP contribution in [-0.2, 0) is 6.54 Å². The zero-order valence-electron chi connectivity index (χ0n) is 16.2. The van der Waals surface area contributed by atoms with E-state index in [0.29, 0.717) is 12.1 Å². The van der Waals surface area contributed by atoms with E-state index in [-0.39, 0.29) is 0 Å². The Morgan fingerprint density at radius 3 is 2.58 bits per heavy atom. The molecule has 1 fully saturated rings. The number of piperidine rings is 1. The normalized spacial score (nSPS) is 22.8. The van der Waals surface area contributed by atoms with Crippen molar-refractivity contribution in [3.8, 4) is 5.75 Å². The third-order valence-corrected chi connectivity index (χ3v) is 6.08. The maximum absolute atomic E-state index is 5.50. The number of rotatable bonds is 4. The topological polar surface area (TPSA) is 12.5 Å². The predicted octanol–water partition coefficient (Wildman–Crippen LogP) is 5.52. The Bertz CT molecular complexity index is 808. The second kappa shape index (κ2) is 7.28. The third kappa shape index (κ3) is 3.31. The Kier molecular flexibility index (Phi) is 4.86. The van der Waals surface area contributed by atoms with Gasteiger partial charge in [0.25, 0.3) is 0 Å². The highest BCUT2D eigenvalue weighted by atomic mass is 16.5. The largest absolute Gasteiger partial charge is 0.496 e. The van der Waals surface area contributed by atoms with Crippen LogP contribution in [0, 0.1) is 13.8 Å². The van der Waals surface area contributed by atoms with Gasteiger partial charge in [0.1, 0.15) is 5.75 Å². The van der Waals surface area contributed by atoms with Crippen LogP contribution in [-0.4, -0.2) is 24.1 Å². The molecule has 2 unspecified atom stereocenters. The highest BCUT2D eigenvalue weighted by Crippen LogP contribution is 2.39. The van der Waals surface area contributed by atoms with Crippen molar-refractivity contribution in [3.63, 3.8) is 0 Å². The van der Waals surface area contributed by atoms with Gasteiger partial charge in [-0.25, -0.2) is 0 Å². The van der Waals surface area contributed by atoms with Crippen molar-refractivity contribution in [3.05, 3.63) is 70.8 Å². The Morgan fingerprint density at radius 1 is 1.04 bits per heavy atom. The summed E-state index contributed by atoms with van der Waals surface area (Å²) in [5, 5.41) is 0. The molecule has 136 valence electrons.